The van der Waals surface area contributed by atoms with Gasteiger partial charge in [0.1, 0.15) is 11.1 Å². The maximum absolute atomic E-state index is 12.7. The molecule has 0 saturated carbocycles. The fourth-order valence-corrected chi connectivity index (χ4v) is 3.33. The van der Waals surface area contributed by atoms with Crippen LogP contribution in [0.2, 0.25) is 0 Å². The molecule has 0 heterocycles. The monoisotopic (exact) mass is 536 g/mol. The Kier molecular flexibility index (Phi) is 12.3. The zero-order valence-electron chi connectivity index (χ0n) is 22.2. The highest BCUT2D eigenvalue weighted by Crippen LogP contribution is 2.41. The number of benzene rings is 2. The van der Waals surface area contributed by atoms with Gasteiger partial charge >= 0.3 is 18.2 Å². The number of hydrogen-bond acceptors (Lipinski definition) is 12. The summed E-state index contributed by atoms with van der Waals surface area (Å²) in [5.41, 5.74) is -0.0105. The standard InChI is InChI=1S/C26H32O12/c1-8-9-10-11-20(35-37-25(27)16-12-14-18(29-2)23(33-6)21(16)31-4)36-38-26(28)17-13-15-19(30-3)24(34-7)22(17)32-5/h12-15H,1,8-11H2,2-7H3. The van der Waals surface area contributed by atoms with E-state index in [1.807, 2.05) is 0 Å². The predicted molar refractivity (Wildman–Crippen MR) is 132 cm³/mol. The summed E-state index contributed by atoms with van der Waals surface area (Å²) in [6, 6.07) is 5.84. The highest BCUT2D eigenvalue weighted by Gasteiger charge is 2.27. The maximum atomic E-state index is 12.7. The Balaban J connectivity index is 2.16. The van der Waals surface area contributed by atoms with Gasteiger partial charge in [-0.15, -0.1) is 9.78 Å². The molecule has 38 heavy (non-hydrogen) atoms. The van der Waals surface area contributed by atoms with Gasteiger partial charge in [0.2, 0.25) is 11.5 Å². The van der Waals surface area contributed by atoms with E-state index in [0.717, 1.165) is 0 Å². The summed E-state index contributed by atoms with van der Waals surface area (Å²) in [7, 11) is 8.40. The molecule has 0 atom stereocenters. The minimum Gasteiger partial charge on any atom is -0.493 e. The highest BCUT2D eigenvalue weighted by atomic mass is 17.3. The lowest BCUT2D eigenvalue weighted by atomic mass is 10.1. The third kappa shape index (κ3) is 7.33. The Bertz CT molecular complexity index is 989. The molecule has 2 radical (unpaired) electrons. The first kappa shape index (κ1) is 30.3. The fourth-order valence-electron chi connectivity index (χ4n) is 3.33. The number of hydrogen-bond donors (Lipinski definition) is 0. The average Bonchev–Trinajstić information content (AvgIpc) is 2.95. The summed E-state index contributed by atoms with van der Waals surface area (Å²) in [6.45, 7) is 3.78. The van der Waals surface area contributed by atoms with Gasteiger partial charge < -0.3 is 28.4 Å². The summed E-state index contributed by atoms with van der Waals surface area (Å²) in [5, 5.41) is 0. The van der Waals surface area contributed by atoms with Crippen molar-refractivity contribution in [2.24, 2.45) is 0 Å². The van der Waals surface area contributed by atoms with Crippen molar-refractivity contribution in [1.82, 2.24) is 0 Å². The van der Waals surface area contributed by atoms with Crippen molar-refractivity contribution in [2.75, 3.05) is 42.7 Å². The number of methoxy groups -OCH3 is 6. The van der Waals surface area contributed by atoms with E-state index in [0.29, 0.717) is 30.8 Å². The van der Waals surface area contributed by atoms with E-state index in [2.05, 4.69) is 6.92 Å². The molecule has 0 aromatic heterocycles. The van der Waals surface area contributed by atoms with E-state index in [9.17, 15) is 9.59 Å². The lowest BCUT2D eigenvalue weighted by Gasteiger charge is -2.17. The molecule has 0 aliphatic carbocycles. The maximum Gasteiger partial charge on any atom is 0.377 e. The summed E-state index contributed by atoms with van der Waals surface area (Å²) in [6.07, 6.45) is 1.78. The first-order chi connectivity index (χ1) is 18.4. The van der Waals surface area contributed by atoms with Crippen molar-refractivity contribution in [3.05, 3.63) is 48.6 Å². The van der Waals surface area contributed by atoms with Crippen LogP contribution in [-0.4, -0.2) is 54.6 Å². The van der Waals surface area contributed by atoms with E-state index in [1.165, 1.54) is 66.9 Å². The first-order valence-corrected chi connectivity index (χ1v) is 11.4. The van der Waals surface area contributed by atoms with Gasteiger partial charge in [-0.2, -0.15) is 0 Å². The lowest BCUT2D eigenvalue weighted by molar-refractivity contribution is -0.364. The van der Waals surface area contributed by atoms with Crippen molar-refractivity contribution < 1.29 is 57.6 Å². The number of ether oxygens (including phenoxy) is 6. The molecule has 0 fully saturated rings. The molecule has 208 valence electrons. The molecule has 2 aromatic rings. The van der Waals surface area contributed by atoms with Crippen LogP contribution in [0.25, 0.3) is 0 Å². The van der Waals surface area contributed by atoms with E-state index in [-0.39, 0.29) is 46.8 Å². The van der Waals surface area contributed by atoms with Gasteiger partial charge in [0.25, 0.3) is 0 Å². The van der Waals surface area contributed by atoms with Crippen molar-refractivity contribution >= 4 is 11.9 Å². The number of rotatable bonds is 16. The minimum absolute atomic E-state index is 0.00526. The molecule has 0 aliphatic rings. The normalized spacial score (nSPS) is 10.5. The highest BCUT2D eigenvalue weighted by molar-refractivity contribution is 5.94. The van der Waals surface area contributed by atoms with Crippen LogP contribution >= 0.6 is 0 Å². The predicted octanol–water partition coefficient (Wildman–Crippen LogP) is 4.50. The van der Waals surface area contributed by atoms with Gasteiger partial charge in [-0.25, -0.2) is 9.59 Å². The molecule has 2 rings (SSSR count). The van der Waals surface area contributed by atoms with Crippen molar-refractivity contribution in [2.45, 2.75) is 25.7 Å². The van der Waals surface area contributed by atoms with Crippen molar-refractivity contribution in [1.29, 1.82) is 0 Å². The first-order valence-electron chi connectivity index (χ1n) is 11.4. The number of carbonyl (C=O) groups excluding carboxylic acids is 2. The molecule has 0 bridgehead atoms. The Hall–Kier alpha value is -3.90. The Morgan fingerprint density at radius 3 is 1.34 bits per heavy atom. The molecule has 0 N–H and O–H groups in total. The SMILES string of the molecule is [CH2]CCCC[C](OOC(=O)c1ccc(OC)c(OC)c1OC)OOC(=O)c1ccc(OC)c(OC)c1OC. The third-order valence-corrected chi connectivity index (χ3v) is 5.15. The molecule has 0 unspecified atom stereocenters. The van der Waals surface area contributed by atoms with Crippen LogP contribution in [0.5, 0.6) is 34.5 Å². The van der Waals surface area contributed by atoms with E-state index in [1.54, 1.807) is 0 Å². The van der Waals surface area contributed by atoms with Crippen LogP contribution in [0.1, 0.15) is 46.4 Å². The molecule has 0 amide bonds. The summed E-state index contributed by atoms with van der Waals surface area (Å²) >= 11 is 0. The van der Waals surface area contributed by atoms with Gasteiger partial charge in [0.15, 0.2) is 23.0 Å². The Morgan fingerprint density at radius 2 is 1.00 bits per heavy atom. The second-order valence-corrected chi connectivity index (χ2v) is 7.35. The largest absolute Gasteiger partial charge is 0.493 e. The van der Waals surface area contributed by atoms with Crippen LogP contribution in [-0.2, 0) is 19.6 Å². The fraction of sp³-hybridized carbons (Fsp3) is 0.385. The molecule has 12 nitrogen and oxygen atoms in total. The van der Waals surface area contributed by atoms with Gasteiger partial charge in [-0.3, -0.25) is 9.78 Å². The smallest absolute Gasteiger partial charge is 0.377 e. The molecule has 0 saturated heterocycles. The topological polar surface area (TPSA) is 126 Å². The van der Waals surface area contributed by atoms with Crippen LogP contribution in [0, 0.1) is 13.2 Å². The van der Waals surface area contributed by atoms with Gasteiger partial charge in [-0.05, 0) is 30.7 Å². The average molecular weight is 537 g/mol. The zero-order chi connectivity index (χ0) is 28.1. The van der Waals surface area contributed by atoms with Gasteiger partial charge in [0.05, 0.1) is 42.7 Å². The van der Waals surface area contributed by atoms with Crippen LogP contribution in [0.15, 0.2) is 24.3 Å². The lowest BCUT2D eigenvalue weighted by Crippen LogP contribution is -2.17. The zero-order valence-corrected chi connectivity index (χ0v) is 22.2. The molecule has 2 aromatic carbocycles. The number of unbranched alkanes of at least 4 members (excludes halogenated alkanes) is 2. The number of carbonyl (C=O) groups is 2. The quantitative estimate of drug-likeness (QED) is 0.170. The van der Waals surface area contributed by atoms with Crippen LogP contribution < -0.4 is 28.4 Å². The molecule has 12 heteroatoms. The summed E-state index contributed by atoms with van der Waals surface area (Å²) < 4.78 is 31.6. The van der Waals surface area contributed by atoms with Crippen LogP contribution in [0.4, 0.5) is 0 Å². The summed E-state index contributed by atoms with van der Waals surface area (Å²) in [5.74, 6) is -0.607. The van der Waals surface area contributed by atoms with Crippen molar-refractivity contribution in [3.63, 3.8) is 0 Å². The third-order valence-electron chi connectivity index (χ3n) is 5.15. The molecule has 0 aliphatic heterocycles. The van der Waals surface area contributed by atoms with E-state index < -0.39 is 11.9 Å². The minimum atomic E-state index is -0.922. The van der Waals surface area contributed by atoms with Gasteiger partial charge in [0, 0.05) is 6.42 Å². The Labute approximate surface area is 221 Å². The molecular formula is C26H32O12. The van der Waals surface area contributed by atoms with E-state index in [4.69, 9.17) is 48.0 Å². The second-order valence-electron chi connectivity index (χ2n) is 7.35. The molecular weight excluding hydrogens is 504 g/mol. The van der Waals surface area contributed by atoms with Crippen molar-refractivity contribution in [3.8, 4) is 34.5 Å². The summed E-state index contributed by atoms with van der Waals surface area (Å²) in [4.78, 5) is 45.6. The van der Waals surface area contributed by atoms with Crippen LogP contribution in [0.3, 0.4) is 0 Å². The van der Waals surface area contributed by atoms with E-state index >= 15 is 0 Å². The Morgan fingerprint density at radius 1 is 0.579 bits per heavy atom. The molecule has 0 spiro atoms. The van der Waals surface area contributed by atoms with Gasteiger partial charge in [-0.1, -0.05) is 19.8 Å². The second kappa shape index (κ2) is 15.4.